The highest BCUT2D eigenvalue weighted by atomic mass is 15.2. The molecule has 4 saturated heterocycles. The largest absolute Gasteiger partial charge is 0.316 e. The highest BCUT2D eigenvalue weighted by molar-refractivity contribution is 4.93. The van der Waals surface area contributed by atoms with E-state index in [9.17, 15) is 0 Å². The van der Waals surface area contributed by atoms with Crippen LogP contribution in [-0.2, 0) is 0 Å². The summed E-state index contributed by atoms with van der Waals surface area (Å²) < 4.78 is 0. The molecule has 0 spiro atoms. The molecule has 4 aliphatic heterocycles. The minimum absolute atomic E-state index is 0. The Morgan fingerprint density at radius 3 is 1.36 bits per heavy atom. The highest BCUT2D eigenvalue weighted by Crippen LogP contribution is 2.31. The van der Waals surface area contributed by atoms with Crippen molar-refractivity contribution in [1.82, 2.24) is 20.0 Å². The predicted molar refractivity (Wildman–Crippen MR) is 111 cm³/mol. The maximum absolute atomic E-state index is 3.46. The lowest BCUT2D eigenvalue weighted by Crippen LogP contribution is -2.32. The van der Waals surface area contributed by atoms with Gasteiger partial charge in [-0.15, -0.1) is 0 Å². The zero-order valence-corrected chi connectivity index (χ0v) is 16.0. The van der Waals surface area contributed by atoms with Crippen molar-refractivity contribution >= 4 is 0 Å². The van der Waals surface area contributed by atoms with Crippen LogP contribution < -0.4 is 5.32 Å². The fourth-order valence-corrected chi connectivity index (χ4v) is 5.00. The average Bonchev–Trinajstić information content (AvgIpc) is 3.15. The van der Waals surface area contributed by atoms with Crippen LogP contribution in [0.15, 0.2) is 0 Å². The molecule has 150 valence electrons. The van der Waals surface area contributed by atoms with Gasteiger partial charge in [0.15, 0.2) is 0 Å². The molecule has 4 aliphatic rings. The van der Waals surface area contributed by atoms with Crippen molar-refractivity contribution in [1.29, 1.82) is 0 Å². The first kappa shape index (κ1) is 22.9. The van der Waals surface area contributed by atoms with Crippen LogP contribution in [0.4, 0.5) is 0 Å². The maximum Gasteiger partial charge on any atom is 0.00388 e. The van der Waals surface area contributed by atoms with Crippen molar-refractivity contribution in [2.24, 2.45) is 23.7 Å². The lowest BCUT2D eigenvalue weighted by molar-refractivity contribution is 0.235. The quantitative estimate of drug-likeness (QED) is 0.823. The first-order valence-corrected chi connectivity index (χ1v) is 9.81. The first-order valence-electron chi connectivity index (χ1n) is 9.81. The Morgan fingerprint density at radius 1 is 0.640 bits per heavy atom. The van der Waals surface area contributed by atoms with Gasteiger partial charge in [-0.2, -0.15) is 0 Å². The van der Waals surface area contributed by atoms with E-state index in [1.807, 2.05) is 0 Å². The van der Waals surface area contributed by atoms with Crippen LogP contribution >= 0.6 is 0 Å². The Labute approximate surface area is 158 Å². The van der Waals surface area contributed by atoms with Crippen molar-refractivity contribution in [2.45, 2.75) is 54.6 Å². The van der Waals surface area contributed by atoms with Gasteiger partial charge in [-0.1, -0.05) is 14.9 Å². The smallest absolute Gasteiger partial charge is 0.00388 e. The molecule has 4 heterocycles. The first-order chi connectivity index (χ1) is 10.9. The van der Waals surface area contributed by atoms with Crippen LogP contribution in [-0.4, -0.2) is 86.2 Å². The molecule has 4 heteroatoms. The molecule has 0 bridgehead atoms. The Hall–Kier alpha value is -0.160. The number of likely N-dealkylation sites (tertiary alicyclic amines) is 3. The number of hydrogen-bond acceptors (Lipinski definition) is 4. The second-order valence-electron chi connectivity index (χ2n) is 9.02. The molecule has 4 rings (SSSR count). The summed E-state index contributed by atoms with van der Waals surface area (Å²) in [5, 5.41) is 3.46. The Bertz CT molecular complexity index is 358. The van der Waals surface area contributed by atoms with Gasteiger partial charge >= 0.3 is 0 Å². The number of rotatable bonds is 2. The average molecular weight is 355 g/mol. The molecule has 4 atom stereocenters. The van der Waals surface area contributed by atoms with E-state index in [2.05, 4.69) is 54.8 Å². The molecule has 0 aromatic heterocycles. The SMILES string of the molecule is C.C.CC(C)N1CC2CN(C)CC2C1.CC(C)N1CC2CNCC2C1. The van der Waals surface area contributed by atoms with Gasteiger partial charge in [0.2, 0.25) is 0 Å². The fraction of sp³-hybridized carbons (Fsp3) is 1.00. The molecule has 0 radical (unpaired) electrons. The van der Waals surface area contributed by atoms with E-state index in [1.165, 1.54) is 52.4 Å². The van der Waals surface area contributed by atoms with E-state index in [0.717, 1.165) is 35.8 Å². The topological polar surface area (TPSA) is 21.8 Å². The van der Waals surface area contributed by atoms with Crippen molar-refractivity contribution < 1.29 is 0 Å². The van der Waals surface area contributed by atoms with Gasteiger partial charge in [0.05, 0.1) is 0 Å². The lowest BCUT2D eigenvalue weighted by Gasteiger charge is -2.22. The summed E-state index contributed by atoms with van der Waals surface area (Å²) in [6, 6.07) is 1.50. The van der Waals surface area contributed by atoms with Gasteiger partial charge in [-0.25, -0.2) is 0 Å². The monoisotopic (exact) mass is 354 g/mol. The number of fused-ring (bicyclic) bond motifs is 2. The molecule has 4 fully saturated rings. The summed E-state index contributed by atoms with van der Waals surface area (Å²) in [4.78, 5) is 7.71. The van der Waals surface area contributed by atoms with Crippen LogP contribution in [0.3, 0.4) is 0 Å². The van der Waals surface area contributed by atoms with Gasteiger partial charge in [0, 0.05) is 51.4 Å². The third kappa shape index (κ3) is 5.41. The summed E-state index contributed by atoms with van der Waals surface area (Å²) in [5.74, 6) is 3.85. The van der Waals surface area contributed by atoms with Crippen LogP contribution in [0.2, 0.25) is 0 Å². The Morgan fingerprint density at radius 2 is 1.00 bits per heavy atom. The molecule has 4 unspecified atom stereocenters. The third-order valence-corrected chi connectivity index (χ3v) is 6.58. The van der Waals surface area contributed by atoms with Crippen LogP contribution in [0, 0.1) is 23.7 Å². The van der Waals surface area contributed by atoms with Crippen molar-refractivity contribution in [3.8, 4) is 0 Å². The minimum atomic E-state index is 0. The van der Waals surface area contributed by atoms with Gasteiger partial charge in [-0.05, 0) is 71.5 Å². The minimum Gasteiger partial charge on any atom is -0.316 e. The van der Waals surface area contributed by atoms with E-state index >= 15 is 0 Å². The zero-order chi connectivity index (χ0) is 16.6. The van der Waals surface area contributed by atoms with E-state index in [0.29, 0.717) is 0 Å². The molecule has 0 amide bonds. The molecule has 0 aromatic rings. The second-order valence-corrected chi connectivity index (χ2v) is 9.02. The molecule has 0 aliphatic carbocycles. The van der Waals surface area contributed by atoms with E-state index < -0.39 is 0 Å². The van der Waals surface area contributed by atoms with Gasteiger partial charge < -0.3 is 20.0 Å². The molecular weight excluding hydrogens is 308 g/mol. The van der Waals surface area contributed by atoms with E-state index in [4.69, 9.17) is 0 Å². The number of nitrogens with zero attached hydrogens (tertiary/aromatic N) is 3. The molecule has 0 aromatic carbocycles. The normalized spacial score (nSPS) is 35.2. The second kappa shape index (κ2) is 9.68. The number of hydrogen-bond donors (Lipinski definition) is 1. The highest BCUT2D eigenvalue weighted by Gasteiger charge is 2.39. The summed E-state index contributed by atoms with van der Waals surface area (Å²) >= 11 is 0. The van der Waals surface area contributed by atoms with Crippen LogP contribution in [0.1, 0.15) is 42.5 Å². The van der Waals surface area contributed by atoms with Crippen molar-refractivity contribution in [3.63, 3.8) is 0 Å². The van der Waals surface area contributed by atoms with Gasteiger partial charge in [0.1, 0.15) is 0 Å². The molecule has 25 heavy (non-hydrogen) atoms. The summed E-state index contributed by atoms with van der Waals surface area (Å²) in [7, 11) is 2.25. The van der Waals surface area contributed by atoms with Crippen LogP contribution in [0.25, 0.3) is 0 Å². The molecule has 1 N–H and O–H groups in total. The third-order valence-electron chi connectivity index (χ3n) is 6.58. The zero-order valence-electron chi connectivity index (χ0n) is 16.0. The fourth-order valence-electron chi connectivity index (χ4n) is 5.00. The van der Waals surface area contributed by atoms with Crippen molar-refractivity contribution in [3.05, 3.63) is 0 Å². The summed E-state index contributed by atoms with van der Waals surface area (Å²) in [6.07, 6.45) is 0. The number of nitrogens with one attached hydrogen (secondary N) is 1. The van der Waals surface area contributed by atoms with Crippen LogP contribution in [0.5, 0.6) is 0 Å². The Kier molecular flexibility index (Phi) is 8.86. The van der Waals surface area contributed by atoms with E-state index in [1.54, 1.807) is 0 Å². The standard InChI is InChI=1S/C10H20N2.C9H18N2.2CH4/c1-8(2)12-6-9-4-11(3)5-10(9)7-12;1-7(2)11-5-8-3-10-4-9(8)6-11;;/h8-10H,4-7H2,1-3H3;7-10H,3-6H2,1-2H3;2*1H4. The molecular formula is C21H46N4. The Balaban J connectivity index is 0.000000232. The maximum atomic E-state index is 3.46. The predicted octanol–water partition coefficient (Wildman–Crippen LogP) is 2.71. The van der Waals surface area contributed by atoms with Crippen molar-refractivity contribution in [2.75, 3.05) is 59.4 Å². The van der Waals surface area contributed by atoms with E-state index in [-0.39, 0.29) is 14.9 Å². The summed E-state index contributed by atoms with van der Waals surface area (Å²) in [6.45, 7) is 19.7. The molecule has 0 saturated carbocycles. The lowest BCUT2D eigenvalue weighted by atomic mass is 10.0. The summed E-state index contributed by atoms with van der Waals surface area (Å²) in [5.41, 5.74) is 0. The van der Waals surface area contributed by atoms with Gasteiger partial charge in [-0.3, -0.25) is 0 Å². The van der Waals surface area contributed by atoms with Gasteiger partial charge in [0.25, 0.3) is 0 Å². The molecule has 4 nitrogen and oxygen atoms in total.